The van der Waals surface area contributed by atoms with Gasteiger partial charge in [-0.25, -0.2) is 4.98 Å². The Bertz CT molecular complexity index is 2360. The summed E-state index contributed by atoms with van der Waals surface area (Å²) in [7, 11) is 1.40. The molecule has 2 fully saturated rings. The number of halogens is 3. The third-order valence-corrected chi connectivity index (χ3v) is 11.0. The Morgan fingerprint density at radius 2 is 1.71 bits per heavy atom. The summed E-state index contributed by atoms with van der Waals surface area (Å²) in [5.74, 6) is -0.354. The number of methoxy groups -OCH3 is 1. The monoisotopic (exact) mass is 764 g/mol. The van der Waals surface area contributed by atoms with Gasteiger partial charge in [-0.1, -0.05) is 48.9 Å². The molecule has 3 heterocycles. The number of likely N-dealkylation sites (tertiary alicyclic amines) is 2. The van der Waals surface area contributed by atoms with Crippen molar-refractivity contribution in [1.82, 2.24) is 14.8 Å². The molecule has 4 aromatic carbocycles. The van der Waals surface area contributed by atoms with Gasteiger partial charge in [0.1, 0.15) is 23.4 Å². The quantitative estimate of drug-likeness (QED) is 0.134. The summed E-state index contributed by atoms with van der Waals surface area (Å²) >= 11 is 0. The Hall–Kier alpha value is -5.48. The molecule has 290 valence electrons. The van der Waals surface area contributed by atoms with E-state index in [4.69, 9.17) is 14.1 Å². The lowest BCUT2D eigenvalue weighted by Gasteiger charge is -2.33. The molecule has 0 radical (unpaired) electrons. The van der Waals surface area contributed by atoms with Crippen LogP contribution in [0.3, 0.4) is 0 Å². The Kier molecular flexibility index (Phi) is 11.0. The standard InChI is InChI=1S/C44H43F3N4O5/c1-26-29(13-14-30-21-40(55-3)32(20-37(30)44(45,46)47)24-51-16-5-4-12-39(51)43(53)54)8-6-9-34(26)35-10-7-11-36(27(35)2)42-49-38-19-28(18-31(22-48)41(38)56-42)23-50-17-15-33(52)25-50/h6-11,13-14,18-21,33,39,52H,4-5,12,15-17,23-25H2,1-3H3,(H,53,54)/b14-13+/t33-,39+/m1/s1. The summed E-state index contributed by atoms with van der Waals surface area (Å²) in [6.45, 7) is 6.34. The van der Waals surface area contributed by atoms with Gasteiger partial charge in [0, 0.05) is 37.3 Å². The molecular weight excluding hydrogens is 722 g/mol. The van der Waals surface area contributed by atoms with E-state index in [0.29, 0.717) is 48.6 Å². The third-order valence-electron chi connectivity index (χ3n) is 11.0. The first kappa shape index (κ1) is 38.8. The number of ether oxygens (including phenoxy) is 1. The lowest BCUT2D eigenvalue weighted by Crippen LogP contribution is -2.44. The molecule has 12 heteroatoms. The summed E-state index contributed by atoms with van der Waals surface area (Å²) in [4.78, 5) is 20.5. The molecule has 0 unspecified atom stereocenters. The number of nitrogens with zero attached hydrogens (tertiary/aromatic N) is 4. The van der Waals surface area contributed by atoms with Gasteiger partial charge in [-0.05, 0) is 109 Å². The zero-order chi connectivity index (χ0) is 39.7. The molecule has 0 saturated carbocycles. The first-order valence-corrected chi connectivity index (χ1v) is 18.7. The molecule has 2 N–H and O–H groups in total. The van der Waals surface area contributed by atoms with Gasteiger partial charge in [-0.15, -0.1) is 0 Å². The molecule has 2 aliphatic heterocycles. The van der Waals surface area contributed by atoms with Gasteiger partial charge in [0.05, 0.1) is 24.3 Å². The maximum absolute atomic E-state index is 14.6. The number of hydrogen-bond acceptors (Lipinski definition) is 8. The van der Waals surface area contributed by atoms with E-state index >= 15 is 0 Å². The van der Waals surface area contributed by atoms with Gasteiger partial charge in [0.15, 0.2) is 5.58 Å². The summed E-state index contributed by atoms with van der Waals surface area (Å²) in [6.07, 6.45) is 0.781. The van der Waals surface area contributed by atoms with E-state index in [1.54, 1.807) is 11.0 Å². The maximum Gasteiger partial charge on any atom is 0.417 e. The molecule has 0 aliphatic carbocycles. The fourth-order valence-corrected chi connectivity index (χ4v) is 8.08. The fraction of sp³-hybridized carbons (Fsp3) is 0.341. The van der Waals surface area contributed by atoms with Crippen LogP contribution in [0.25, 0.3) is 45.8 Å². The normalized spacial score (nSPS) is 18.2. The average molecular weight is 765 g/mol. The van der Waals surface area contributed by atoms with Crippen molar-refractivity contribution >= 4 is 29.2 Å². The minimum atomic E-state index is -4.67. The number of aliphatic hydroxyl groups is 1. The molecule has 2 atom stereocenters. The number of nitriles is 1. The van der Waals surface area contributed by atoms with Gasteiger partial charge in [-0.2, -0.15) is 18.4 Å². The van der Waals surface area contributed by atoms with E-state index in [1.807, 2.05) is 62.4 Å². The SMILES string of the molecule is COc1cc(/C=C/c2cccc(-c3cccc(-c4nc5cc(CN6CC[C@@H](O)C6)cc(C#N)c5o4)c3C)c2C)c(C(F)(F)F)cc1CN1CCCC[C@H]1C(=O)O. The van der Waals surface area contributed by atoms with Gasteiger partial charge >= 0.3 is 12.1 Å². The highest BCUT2D eigenvalue weighted by Gasteiger charge is 2.35. The number of carbonyl (C=O) groups is 1. The van der Waals surface area contributed by atoms with Crippen molar-refractivity contribution in [2.45, 2.75) is 70.9 Å². The Balaban J connectivity index is 1.20. The number of piperidine rings is 1. The van der Waals surface area contributed by atoms with Gasteiger partial charge in [0.2, 0.25) is 5.89 Å². The van der Waals surface area contributed by atoms with Crippen molar-refractivity contribution in [2.24, 2.45) is 0 Å². The van der Waals surface area contributed by atoms with E-state index in [-0.39, 0.29) is 29.5 Å². The molecule has 2 aliphatic rings. The van der Waals surface area contributed by atoms with Crippen LogP contribution in [0, 0.1) is 25.2 Å². The fourth-order valence-electron chi connectivity index (χ4n) is 8.08. The summed E-state index contributed by atoms with van der Waals surface area (Å²) in [5.41, 5.74) is 6.64. The molecule has 7 rings (SSSR count). The van der Waals surface area contributed by atoms with Crippen LogP contribution in [0.5, 0.6) is 5.75 Å². The topological polar surface area (TPSA) is 123 Å². The molecule has 56 heavy (non-hydrogen) atoms. The second-order valence-corrected chi connectivity index (χ2v) is 14.7. The van der Waals surface area contributed by atoms with Crippen LogP contribution >= 0.6 is 0 Å². The number of hydrogen-bond donors (Lipinski definition) is 2. The average Bonchev–Trinajstić information content (AvgIpc) is 3.79. The zero-order valence-corrected chi connectivity index (χ0v) is 31.5. The first-order valence-electron chi connectivity index (χ1n) is 18.7. The number of β-amino-alcohol motifs (C(OH)–C–C–N with tert-alkyl or cyclic N) is 1. The van der Waals surface area contributed by atoms with Crippen LogP contribution < -0.4 is 4.74 Å². The lowest BCUT2D eigenvalue weighted by atomic mass is 9.91. The van der Waals surface area contributed by atoms with Crippen molar-refractivity contribution in [1.29, 1.82) is 5.26 Å². The number of rotatable bonds is 10. The molecule has 1 aromatic heterocycles. The Labute approximate surface area is 323 Å². The van der Waals surface area contributed by atoms with Crippen molar-refractivity contribution in [3.63, 3.8) is 0 Å². The van der Waals surface area contributed by atoms with E-state index in [2.05, 4.69) is 11.0 Å². The first-order chi connectivity index (χ1) is 26.8. The summed E-state index contributed by atoms with van der Waals surface area (Å²) < 4.78 is 55.5. The van der Waals surface area contributed by atoms with Gasteiger partial charge in [0.25, 0.3) is 0 Å². The number of aliphatic hydroxyl groups excluding tert-OH is 1. The number of aromatic nitrogens is 1. The Morgan fingerprint density at radius 3 is 2.41 bits per heavy atom. The van der Waals surface area contributed by atoms with E-state index in [1.165, 1.54) is 19.3 Å². The molecule has 2 saturated heterocycles. The number of carboxylic acids is 1. The highest BCUT2D eigenvalue weighted by atomic mass is 19.4. The number of oxazole rings is 1. The second-order valence-electron chi connectivity index (χ2n) is 14.7. The van der Waals surface area contributed by atoms with E-state index < -0.39 is 23.8 Å². The smallest absolute Gasteiger partial charge is 0.417 e. The minimum absolute atomic E-state index is 0.0291. The van der Waals surface area contributed by atoms with E-state index in [0.717, 1.165) is 70.8 Å². The zero-order valence-electron chi connectivity index (χ0n) is 31.5. The lowest BCUT2D eigenvalue weighted by molar-refractivity contribution is -0.145. The largest absolute Gasteiger partial charge is 0.496 e. The molecule has 5 aromatic rings. The van der Waals surface area contributed by atoms with Gasteiger partial charge in [-0.3, -0.25) is 14.6 Å². The number of fused-ring (bicyclic) bond motifs is 1. The molecule has 0 bridgehead atoms. The molecule has 0 spiro atoms. The van der Waals surface area contributed by atoms with Crippen LogP contribution in [-0.4, -0.2) is 69.9 Å². The van der Waals surface area contributed by atoms with Crippen LogP contribution in [0.15, 0.2) is 65.1 Å². The predicted molar refractivity (Wildman–Crippen MR) is 208 cm³/mol. The number of benzene rings is 4. The van der Waals surface area contributed by atoms with Crippen LogP contribution in [0.1, 0.15) is 70.2 Å². The summed E-state index contributed by atoms with van der Waals surface area (Å²) in [6, 6.07) is 19.1. The molecule has 9 nitrogen and oxygen atoms in total. The molecule has 0 amide bonds. The van der Waals surface area contributed by atoms with Crippen LogP contribution in [-0.2, 0) is 24.1 Å². The van der Waals surface area contributed by atoms with Crippen LogP contribution in [0.4, 0.5) is 13.2 Å². The number of aliphatic carboxylic acids is 1. The number of alkyl halides is 3. The third kappa shape index (κ3) is 7.93. The van der Waals surface area contributed by atoms with Crippen molar-refractivity contribution < 1.29 is 37.3 Å². The van der Waals surface area contributed by atoms with Crippen molar-refractivity contribution in [2.75, 3.05) is 26.7 Å². The maximum atomic E-state index is 14.6. The molecular formula is C44H43F3N4O5. The van der Waals surface area contributed by atoms with Crippen molar-refractivity contribution in [3.8, 4) is 34.4 Å². The second kappa shape index (κ2) is 15.9. The predicted octanol–water partition coefficient (Wildman–Crippen LogP) is 8.85. The highest BCUT2D eigenvalue weighted by molar-refractivity contribution is 5.86. The van der Waals surface area contributed by atoms with Gasteiger partial charge < -0.3 is 19.4 Å². The van der Waals surface area contributed by atoms with Crippen molar-refractivity contribution in [3.05, 3.63) is 105 Å². The van der Waals surface area contributed by atoms with E-state index in [9.17, 15) is 33.4 Å². The highest BCUT2D eigenvalue weighted by Crippen LogP contribution is 2.39. The Morgan fingerprint density at radius 1 is 0.982 bits per heavy atom. The minimum Gasteiger partial charge on any atom is -0.496 e. The van der Waals surface area contributed by atoms with Crippen LogP contribution in [0.2, 0.25) is 0 Å². The number of carboxylic acid groups (broad SMARTS) is 1. The summed E-state index contributed by atoms with van der Waals surface area (Å²) in [5, 5.41) is 29.6.